The molecule has 21 heavy (non-hydrogen) atoms. The van der Waals surface area contributed by atoms with Crippen molar-refractivity contribution in [1.82, 2.24) is 0 Å². The Balaban J connectivity index is 1.82. The van der Waals surface area contributed by atoms with E-state index in [-0.39, 0.29) is 0 Å². The standard InChI is InChI=1S/C15H16ClN3O2/c16-14-9-11(3-6-13(14)15(18)20)19-7-8-21-12-4-1-10(17)2-5-12/h1-6,9,19H,7-8,17H2,(H2,18,20). The third-order valence-corrected chi connectivity index (χ3v) is 3.13. The number of hydrogen-bond acceptors (Lipinski definition) is 4. The van der Waals surface area contributed by atoms with Gasteiger partial charge >= 0.3 is 0 Å². The topological polar surface area (TPSA) is 90.4 Å². The summed E-state index contributed by atoms with van der Waals surface area (Å²) in [5.41, 5.74) is 12.6. The van der Waals surface area contributed by atoms with E-state index in [1.165, 1.54) is 0 Å². The number of carbonyl (C=O) groups excluding carboxylic acids is 1. The van der Waals surface area contributed by atoms with E-state index in [0.717, 1.165) is 11.4 Å². The largest absolute Gasteiger partial charge is 0.492 e. The lowest BCUT2D eigenvalue weighted by Gasteiger charge is -2.10. The van der Waals surface area contributed by atoms with Crippen molar-refractivity contribution >= 4 is 28.9 Å². The van der Waals surface area contributed by atoms with Gasteiger partial charge < -0.3 is 21.5 Å². The first-order valence-corrected chi connectivity index (χ1v) is 6.75. The van der Waals surface area contributed by atoms with Gasteiger partial charge in [0.25, 0.3) is 0 Å². The molecule has 0 saturated heterocycles. The molecule has 6 heteroatoms. The third-order valence-electron chi connectivity index (χ3n) is 2.81. The van der Waals surface area contributed by atoms with Gasteiger partial charge in [-0.15, -0.1) is 0 Å². The van der Waals surface area contributed by atoms with Crippen molar-refractivity contribution in [3.8, 4) is 5.75 Å². The van der Waals surface area contributed by atoms with Crippen molar-refractivity contribution in [3.05, 3.63) is 53.1 Å². The summed E-state index contributed by atoms with van der Waals surface area (Å²) < 4.78 is 5.55. The Kier molecular flexibility index (Phi) is 4.90. The maximum absolute atomic E-state index is 11.1. The van der Waals surface area contributed by atoms with Crippen LogP contribution >= 0.6 is 11.6 Å². The summed E-state index contributed by atoms with van der Waals surface area (Å²) in [6, 6.07) is 12.2. The molecule has 0 bridgehead atoms. The Morgan fingerprint density at radius 3 is 2.52 bits per heavy atom. The van der Waals surface area contributed by atoms with Crippen LogP contribution in [0.4, 0.5) is 11.4 Å². The van der Waals surface area contributed by atoms with E-state index in [1.54, 1.807) is 30.3 Å². The number of nitrogen functional groups attached to an aromatic ring is 1. The molecule has 2 aromatic rings. The Bertz CT molecular complexity index is 629. The zero-order chi connectivity index (χ0) is 15.2. The molecule has 5 nitrogen and oxygen atoms in total. The van der Waals surface area contributed by atoms with Crippen LogP contribution < -0.4 is 21.5 Å². The molecule has 2 aromatic carbocycles. The summed E-state index contributed by atoms with van der Waals surface area (Å²) >= 11 is 5.96. The molecule has 0 unspecified atom stereocenters. The first kappa shape index (κ1) is 15.0. The van der Waals surface area contributed by atoms with Gasteiger partial charge in [0.1, 0.15) is 12.4 Å². The van der Waals surface area contributed by atoms with Crippen molar-refractivity contribution in [2.24, 2.45) is 5.73 Å². The Labute approximate surface area is 127 Å². The molecule has 0 aliphatic carbocycles. The number of carbonyl (C=O) groups is 1. The second-order valence-electron chi connectivity index (χ2n) is 4.40. The maximum Gasteiger partial charge on any atom is 0.250 e. The van der Waals surface area contributed by atoms with E-state index in [9.17, 15) is 4.79 Å². The van der Waals surface area contributed by atoms with Gasteiger partial charge in [-0.3, -0.25) is 4.79 Å². The number of ether oxygens (including phenoxy) is 1. The Hall–Kier alpha value is -2.40. The molecule has 110 valence electrons. The summed E-state index contributed by atoms with van der Waals surface area (Å²) in [5.74, 6) is 0.214. The van der Waals surface area contributed by atoms with Crippen molar-refractivity contribution in [2.75, 3.05) is 24.2 Å². The number of rotatable bonds is 6. The fourth-order valence-corrected chi connectivity index (χ4v) is 2.03. The molecule has 1 amide bonds. The van der Waals surface area contributed by atoms with Crippen LogP contribution in [0.15, 0.2) is 42.5 Å². The van der Waals surface area contributed by atoms with Gasteiger partial charge in [0, 0.05) is 17.9 Å². The lowest BCUT2D eigenvalue weighted by atomic mass is 10.2. The van der Waals surface area contributed by atoms with Crippen LogP contribution in [0.1, 0.15) is 10.4 Å². The molecular formula is C15H16ClN3O2. The summed E-state index contributed by atoms with van der Waals surface area (Å²) in [6.45, 7) is 1.08. The number of nitrogens with one attached hydrogen (secondary N) is 1. The first-order valence-electron chi connectivity index (χ1n) is 6.38. The minimum Gasteiger partial charge on any atom is -0.492 e. The quantitative estimate of drug-likeness (QED) is 0.565. The van der Waals surface area contributed by atoms with Crippen molar-refractivity contribution < 1.29 is 9.53 Å². The normalized spacial score (nSPS) is 10.1. The van der Waals surface area contributed by atoms with E-state index >= 15 is 0 Å². The van der Waals surface area contributed by atoms with E-state index in [2.05, 4.69) is 5.32 Å². The average molecular weight is 306 g/mol. The monoisotopic (exact) mass is 305 g/mol. The number of benzene rings is 2. The Morgan fingerprint density at radius 2 is 1.90 bits per heavy atom. The molecule has 0 spiro atoms. The van der Waals surface area contributed by atoms with Crippen molar-refractivity contribution in [3.63, 3.8) is 0 Å². The van der Waals surface area contributed by atoms with Crippen LogP contribution in [0.5, 0.6) is 5.75 Å². The third kappa shape index (κ3) is 4.29. The van der Waals surface area contributed by atoms with E-state index < -0.39 is 5.91 Å². The molecule has 0 fully saturated rings. The summed E-state index contributed by atoms with van der Waals surface area (Å²) in [7, 11) is 0. The van der Waals surface area contributed by atoms with Gasteiger partial charge in [0.15, 0.2) is 0 Å². The zero-order valence-electron chi connectivity index (χ0n) is 11.3. The number of amides is 1. The molecule has 0 atom stereocenters. The molecular weight excluding hydrogens is 290 g/mol. The lowest BCUT2D eigenvalue weighted by molar-refractivity contribution is 0.100. The molecule has 0 aliphatic rings. The SMILES string of the molecule is NC(=O)c1ccc(NCCOc2ccc(N)cc2)cc1Cl. The zero-order valence-corrected chi connectivity index (χ0v) is 12.1. The highest BCUT2D eigenvalue weighted by molar-refractivity contribution is 6.34. The minimum atomic E-state index is -0.543. The number of anilines is 2. The van der Waals surface area contributed by atoms with Crippen LogP contribution in [0.2, 0.25) is 5.02 Å². The lowest BCUT2D eigenvalue weighted by Crippen LogP contribution is -2.13. The predicted molar refractivity (Wildman–Crippen MR) is 84.8 cm³/mol. The molecule has 0 saturated carbocycles. The molecule has 2 rings (SSSR count). The average Bonchev–Trinajstić information content (AvgIpc) is 2.45. The second kappa shape index (κ2) is 6.85. The number of nitrogens with two attached hydrogens (primary N) is 2. The Morgan fingerprint density at radius 1 is 1.19 bits per heavy atom. The van der Waals surface area contributed by atoms with Gasteiger partial charge in [-0.25, -0.2) is 0 Å². The highest BCUT2D eigenvalue weighted by atomic mass is 35.5. The second-order valence-corrected chi connectivity index (χ2v) is 4.81. The highest BCUT2D eigenvalue weighted by Crippen LogP contribution is 2.20. The first-order chi connectivity index (χ1) is 10.1. The predicted octanol–water partition coefficient (Wildman–Crippen LogP) is 2.51. The van der Waals surface area contributed by atoms with Gasteiger partial charge in [-0.05, 0) is 42.5 Å². The molecule has 0 radical (unpaired) electrons. The molecule has 5 N–H and O–H groups in total. The summed E-state index contributed by atoms with van der Waals surface area (Å²) in [6.07, 6.45) is 0. The van der Waals surface area contributed by atoms with E-state index in [0.29, 0.717) is 29.4 Å². The summed E-state index contributed by atoms with van der Waals surface area (Å²) in [5, 5.41) is 3.47. The number of hydrogen-bond donors (Lipinski definition) is 3. The van der Waals surface area contributed by atoms with Crippen LogP contribution in [0.25, 0.3) is 0 Å². The highest BCUT2D eigenvalue weighted by Gasteiger charge is 2.06. The maximum atomic E-state index is 11.1. The van der Waals surface area contributed by atoms with Gasteiger partial charge in [-0.2, -0.15) is 0 Å². The number of halogens is 1. The minimum absolute atomic E-state index is 0.306. The molecule has 0 heterocycles. The summed E-state index contributed by atoms with van der Waals surface area (Å²) in [4.78, 5) is 11.1. The van der Waals surface area contributed by atoms with Crippen LogP contribution in [0.3, 0.4) is 0 Å². The number of primary amides is 1. The van der Waals surface area contributed by atoms with Crippen LogP contribution in [-0.2, 0) is 0 Å². The van der Waals surface area contributed by atoms with Gasteiger partial charge in [0.2, 0.25) is 5.91 Å². The molecule has 0 aliphatic heterocycles. The van der Waals surface area contributed by atoms with E-state index in [4.69, 9.17) is 27.8 Å². The van der Waals surface area contributed by atoms with Crippen molar-refractivity contribution in [1.29, 1.82) is 0 Å². The van der Waals surface area contributed by atoms with Gasteiger partial charge in [0.05, 0.1) is 10.6 Å². The fraction of sp³-hybridized carbons (Fsp3) is 0.133. The van der Waals surface area contributed by atoms with Crippen LogP contribution in [0, 0.1) is 0 Å². The fourth-order valence-electron chi connectivity index (χ4n) is 1.75. The van der Waals surface area contributed by atoms with Gasteiger partial charge in [-0.1, -0.05) is 11.6 Å². The van der Waals surface area contributed by atoms with E-state index in [1.807, 2.05) is 12.1 Å². The molecule has 0 aromatic heterocycles. The smallest absolute Gasteiger partial charge is 0.250 e. The van der Waals surface area contributed by atoms with Crippen LogP contribution in [-0.4, -0.2) is 19.1 Å². The van der Waals surface area contributed by atoms with Crippen molar-refractivity contribution in [2.45, 2.75) is 0 Å².